The smallest absolute Gasteiger partial charge is 0.145 e. The van der Waals surface area contributed by atoms with Crippen molar-refractivity contribution in [3.63, 3.8) is 0 Å². The number of ether oxygens (including phenoxy) is 2. The van der Waals surface area contributed by atoms with Crippen molar-refractivity contribution in [1.29, 1.82) is 0 Å². The average molecular weight is 352 g/mol. The molecule has 0 atom stereocenters. The lowest BCUT2D eigenvalue weighted by Gasteiger charge is -2.10. The Morgan fingerprint density at radius 1 is 1.29 bits per heavy atom. The van der Waals surface area contributed by atoms with Crippen LogP contribution >= 0.6 is 15.9 Å². The van der Waals surface area contributed by atoms with Crippen molar-refractivity contribution in [3.8, 4) is 11.5 Å². The first-order valence-corrected chi connectivity index (χ1v) is 7.55. The van der Waals surface area contributed by atoms with Gasteiger partial charge in [0.1, 0.15) is 17.3 Å². The van der Waals surface area contributed by atoms with Crippen LogP contribution in [0.4, 0.5) is 10.1 Å². The predicted octanol–water partition coefficient (Wildman–Crippen LogP) is 3.73. The maximum atomic E-state index is 13.5. The highest BCUT2D eigenvalue weighted by molar-refractivity contribution is 9.10. The molecule has 0 saturated carbocycles. The molecule has 0 saturated heterocycles. The molecule has 2 aromatic carbocycles. The number of benzene rings is 2. The normalized spacial score (nSPS) is 12.9. The predicted molar refractivity (Wildman–Crippen MR) is 83.4 cm³/mol. The molecule has 1 aliphatic rings. The van der Waals surface area contributed by atoms with Gasteiger partial charge in [0.2, 0.25) is 0 Å². The standard InChI is InChI=1S/C16H15BrFNO2/c17-12-8-14(19)16(9-13(12)18)21-5-3-10-1-2-15-11(7-10)4-6-20-15/h1-2,7-9H,3-6,19H2. The number of anilines is 1. The molecule has 0 unspecified atom stereocenters. The third kappa shape index (κ3) is 3.13. The summed E-state index contributed by atoms with van der Waals surface area (Å²) in [4.78, 5) is 0. The molecule has 0 radical (unpaired) electrons. The van der Waals surface area contributed by atoms with Gasteiger partial charge < -0.3 is 15.2 Å². The third-order valence-corrected chi connectivity index (χ3v) is 4.06. The van der Waals surface area contributed by atoms with Gasteiger partial charge in [0.05, 0.1) is 23.4 Å². The Morgan fingerprint density at radius 3 is 3.00 bits per heavy atom. The molecule has 21 heavy (non-hydrogen) atoms. The van der Waals surface area contributed by atoms with Crippen molar-refractivity contribution in [2.24, 2.45) is 0 Å². The number of fused-ring (bicyclic) bond motifs is 1. The zero-order chi connectivity index (χ0) is 14.8. The van der Waals surface area contributed by atoms with Gasteiger partial charge in [0.15, 0.2) is 0 Å². The van der Waals surface area contributed by atoms with Gasteiger partial charge in [-0.05, 0) is 39.2 Å². The molecule has 1 aliphatic heterocycles. The zero-order valence-corrected chi connectivity index (χ0v) is 13.0. The second kappa shape index (κ2) is 5.93. The summed E-state index contributed by atoms with van der Waals surface area (Å²) in [5, 5.41) is 0. The van der Waals surface area contributed by atoms with Crippen LogP contribution in [0.5, 0.6) is 11.5 Å². The summed E-state index contributed by atoms with van der Waals surface area (Å²) in [5.41, 5.74) is 8.64. The van der Waals surface area contributed by atoms with Crippen LogP contribution in [-0.4, -0.2) is 13.2 Å². The van der Waals surface area contributed by atoms with Gasteiger partial charge in [-0.2, -0.15) is 0 Å². The van der Waals surface area contributed by atoms with Crippen molar-refractivity contribution in [1.82, 2.24) is 0 Å². The topological polar surface area (TPSA) is 44.5 Å². The van der Waals surface area contributed by atoms with Crippen molar-refractivity contribution in [3.05, 3.63) is 51.7 Å². The van der Waals surface area contributed by atoms with Crippen LogP contribution in [0, 0.1) is 5.82 Å². The fraction of sp³-hybridized carbons (Fsp3) is 0.250. The first-order valence-electron chi connectivity index (χ1n) is 6.75. The van der Waals surface area contributed by atoms with E-state index in [0.29, 0.717) is 22.5 Å². The van der Waals surface area contributed by atoms with E-state index in [4.69, 9.17) is 15.2 Å². The van der Waals surface area contributed by atoms with Crippen molar-refractivity contribution in [2.75, 3.05) is 18.9 Å². The maximum Gasteiger partial charge on any atom is 0.145 e. The van der Waals surface area contributed by atoms with Gasteiger partial charge in [-0.1, -0.05) is 12.1 Å². The van der Waals surface area contributed by atoms with Gasteiger partial charge in [-0.3, -0.25) is 0 Å². The molecule has 3 rings (SSSR count). The summed E-state index contributed by atoms with van der Waals surface area (Å²) < 4.78 is 24.9. The number of hydrogen-bond donors (Lipinski definition) is 1. The van der Waals surface area contributed by atoms with Crippen LogP contribution in [-0.2, 0) is 12.8 Å². The number of nitrogen functional groups attached to an aromatic ring is 1. The molecule has 3 nitrogen and oxygen atoms in total. The largest absolute Gasteiger partial charge is 0.493 e. The third-order valence-electron chi connectivity index (χ3n) is 3.45. The average Bonchev–Trinajstić information content (AvgIpc) is 2.92. The van der Waals surface area contributed by atoms with E-state index in [1.807, 2.05) is 12.1 Å². The Bertz CT molecular complexity index is 676. The molecule has 0 aliphatic carbocycles. The first kappa shape index (κ1) is 14.2. The number of nitrogens with two attached hydrogens (primary N) is 1. The Balaban J connectivity index is 1.62. The van der Waals surface area contributed by atoms with E-state index >= 15 is 0 Å². The van der Waals surface area contributed by atoms with Crippen LogP contribution in [0.25, 0.3) is 0 Å². The highest BCUT2D eigenvalue weighted by Gasteiger charge is 2.12. The van der Waals surface area contributed by atoms with Crippen LogP contribution < -0.4 is 15.2 Å². The molecule has 2 N–H and O–H groups in total. The summed E-state index contributed by atoms with van der Waals surface area (Å²) in [7, 11) is 0. The minimum atomic E-state index is -0.381. The number of rotatable bonds is 4. The zero-order valence-electron chi connectivity index (χ0n) is 11.4. The van der Waals surface area contributed by atoms with E-state index in [1.165, 1.54) is 23.3 Å². The van der Waals surface area contributed by atoms with E-state index in [0.717, 1.165) is 25.2 Å². The van der Waals surface area contributed by atoms with Gasteiger partial charge in [-0.15, -0.1) is 0 Å². The lowest BCUT2D eigenvalue weighted by Crippen LogP contribution is -2.04. The Labute approximate surface area is 131 Å². The summed E-state index contributed by atoms with van der Waals surface area (Å²) in [6.45, 7) is 1.20. The summed E-state index contributed by atoms with van der Waals surface area (Å²) in [6.07, 6.45) is 1.69. The summed E-state index contributed by atoms with van der Waals surface area (Å²) in [5.74, 6) is 0.966. The number of halogens is 2. The van der Waals surface area contributed by atoms with E-state index in [2.05, 4.69) is 22.0 Å². The minimum absolute atomic E-state index is 0.339. The Morgan fingerprint density at radius 2 is 2.14 bits per heavy atom. The van der Waals surface area contributed by atoms with Crippen molar-refractivity contribution < 1.29 is 13.9 Å². The van der Waals surface area contributed by atoms with E-state index < -0.39 is 0 Å². The fourth-order valence-electron chi connectivity index (χ4n) is 2.34. The second-order valence-electron chi connectivity index (χ2n) is 4.94. The van der Waals surface area contributed by atoms with Crippen LogP contribution in [0.1, 0.15) is 11.1 Å². The van der Waals surface area contributed by atoms with Crippen LogP contribution in [0.2, 0.25) is 0 Å². The lowest BCUT2D eigenvalue weighted by molar-refractivity contribution is 0.322. The van der Waals surface area contributed by atoms with Crippen LogP contribution in [0.3, 0.4) is 0 Å². The molecule has 0 bridgehead atoms. The molecule has 0 spiro atoms. The number of hydrogen-bond acceptors (Lipinski definition) is 3. The van der Waals surface area contributed by atoms with Gasteiger partial charge >= 0.3 is 0 Å². The van der Waals surface area contributed by atoms with E-state index in [-0.39, 0.29) is 5.82 Å². The SMILES string of the molecule is Nc1cc(Br)c(F)cc1OCCc1ccc2c(c1)CCO2. The van der Waals surface area contributed by atoms with Crippen molar-refractivity contribution >= 4 is 21.6 Å². The van der Waals surface area contributed by atoms with Crippen molar-refractivity contribution in [2.45, 2.75) is 12.8 Å². The molecule has 0 amide bonds. The summed E-state index contributed by atoms with van der Waals surface area (Å²) in [6, 6.07) is 8.97. The summed E-state index contributed by atoms with van der Waals surface area (Å²) >= 11 is 3.09. The van der Waals surface area contributed by atoms with Crippen LogP contribution in [0.15, 0.2) is 34.8 Å². The Hall–Kier alpha value is -1.75. The highest BCUT2D eigenvalue weighted by Crippen LogP contribution is 2.29. The second-order valence-corrected chi connectivity index (χ2v) is 5.80. The van der Waals surface area contributed by atoms with Gasteiger partial charge in [0, 0.05) is 18.9 Å². The molecule has 5 heteroatoms. The van der Waals surface area contributed by atoms with Gasteiger partial charge in [0.25, 0.3) is 0 Å². The maximum absolute atomic E-state index is 13.5. The van der Waals surface area contributed by atoms with E-state index in [9.17, 15) is 4.39 Å². The van der Waals surface area contributed by atoms with E-state index in [1.54, 1.807) is 0 Å². The quantitative estimate of drug-likeness (QED) is 0.853. The molecular formula is C16H15BrFNO2. The molecule has 0 fully saturated rings. The molecule has 0 aromatic heterocycles. The molecule has 110 valence electrons. The molecular weight excluding hydrogens is 337 g/mol. The highest BCUT2D eigenvalue weighted by atomic mass is 79.9. The fourth-order valence-corrected chi connectivity index (χ4v) is 2.70. The molecule has 1 heterocycles. The Kier molecular flexibility index (Phi) is 4.01. The minimum Gasteiger partial charge on any atom is -0.493 e. The van der Waals surface area contributed by atoms with Gasteiger partial charge in [-0.25, -0.2) is 4.39 Å². The first-order chi connectivity index (χ1) is 10.1. The molecule has 2 aromatic rings. The monoisotopic (exact) mass is 351 g/mol. The lowest BCUT2D eigenvalue weighted by atomic mass is 10.1.